The minimum Gasteiger partial charge on any atom is -0.449 e. The third-order valence-corrected chi connectivity index (χ3v) is 3.71. The van der Waals surface area contributed by atoms with Crippen LogP contribution in [0.15, 0.2) is 0 Å². The first-order valence-corrected chi connectivity index (χ1v) is 6.21. The van der Waals surface area contributed by atoms with Crippen molar-refractivity contribution < 1.29 is 22.5 Å². The molecule has 3 nitrogen and oxygen atoms in total. The monoisotopic (exact) mass is 264 g/mol. The van der Waals surface area contributed by atoms with Gasteiger partial charge in [-0.2, -0.15) is 0 Å². The molecule has 0 aromatic carbocycles. The minimum atomic E-state index is -4.89. The number of likely N-dealkylation sites (tertiary alicyclic amines) is 1. The van der Waals surface area contributed by atoms with Crippen LogP contribution in [0, 0.1) is 5.41 Å². The Hall–Kier alpha value is -0.875. The Labute approximate surface area is 105 Å². The van der Waals surface area contributed by atoms with Crippen LogP contribution in [0.5, 0.6) is 0 Å². The van der Waals surface area contributed by atoms with Crippen LogP contribution in [0.3, 0.4) is 0 Å². The maximum Gasteiger partial charge on any atom is 0.483 e. The van der Waals surface area contributed by atoms with Crippen LogP contribution in [0.4, 0.5) is 17.7 Å². The van der Waals surface area contributed by atoms with E-state index in [2.05, 4.69) is 0 Å². The second-order valence-electron chi connectivity index (χ2n) is 6.46. The van der Waals surface area contributed by atoms with E-state index in [0.717, 1.165) is 0 Å². The molecule has 1 spiro atoms. The number of amides is 1. The summed E-state index contributed by atoms with van der Waals surface area (Å²) >= 11 is 0. The molecule has 1 heterocycles. The number of hydrogen-bond donors (Lipinski definition) is 0. The van der Waals surface area contributed by atoms with Gasteiger partial charge in [-0.3, -0.25) is 0 Å². The van der Waals surface area contributed by atoms with Crippen LogP contribution in [0.2, 0.25) is 5.82 Å². The molecular formula is C11H18BF3NO2-. The first kappa shape index (κ1) is 13.6. The van der Waals surface area contributed by atoms with Gasteiger partial charge in [0.1, 0.15) is 5.60 Å². The summed E-state index contributed by atoms with van der Waals surface area (Å²) < 4.78 is 44.0. The van der Waals surface area contributed by atoms with E-state index >= 15 is 0 Å². The average Bonchev–Trinajstić information content (AvgIpc) is 2.72. The van der Waals surface area contributed by atoms with Gasteiger partial charge >= 0.3 is 13.1 Å². The van der Waals surface area contributed by atoms with E-state index in [-0.39, 0.29) is 13.1 Å². The normalized spacial score (nSPS) is 26.6. The van der Waals surface area contributed by atoms with Gasteiger partial charge in [-0.15, -0.1) is 0 Å². The molecule has 1 saturated carbocycles. The first-order chi connectivity index (χ1) is 8.04. The molecule has 0 bridgehead atoms. The van der Waals surface area contributed by atoms with Gasteiger partial charge in [0.25, 0.3) is 0 Å². The zero-order valence-corrected chi connectivity index (χ0v) is 10.9. The van der Waals surface area contributed by atoms with Crippen molar-refractivity contribution in [2.45, 2.75) is 45.0 Å². The predicted octanol–water partition coefficient (Wildman–Crippen LogP) is 3.23. The molecule has 2 fully saturated rings. The molecule has 18 heavy (non-hydrogen) atoms. The summed E-state index contributed by atoms with van der Waals surface area (Å²) in [5.74, 6) is -1.33. The molecule has 0 radical (unpaired) electrons. The molecule has 1 saturated heterocycles. The molecule has 0 aromatic rings. The van der Waals surface area contributed by atoms with Gasteiger partial charge in [-0.1, -0.05) is 0 Å². The molecule has 1 atom stereocenters. The van der Waals surface area contributed by atoms with Crippen molar-refractivity contribution >= 4 is 13.1 Å². The number of rotatable bonds is 1. The van der Waals surface area contributed by atoms with Gasteiger partial charge in [0.2, 0.25) is 0 Å². The molecule has 2 rings (SSSR count). The van der Waals surface area contributed by atoms with Crippen LogP contribution >= 0.6 is 0 Å². The molecular weight excluding hydrogens is 246 g/mol. The molecule has 0 aromatic heterocycles. The smallest absolute Gasteiger partial charge is 0.449 e. The summed E-state index contributed by atoms with van der Waals surface area (Å²) in [7, 11) is 0. The number of hydrogen-bond acceptors (Lipinski definition) is 2. The van der Waals surface area contributed by atoms with Crippen molar-refractivity contribution in [3.05, 3.63) is 0 Å². The summed E-state index contributed by atoms with van der Waals surface area (Å²) in [6.45, 7) is 0.185. The highest BCUT2D eigenvalue weighted by atomic mass is 19.4. The number of carbonyl (C=O) groups is 1. The third kappa shape index (κ3) is 2.59. The number of carbonyl (C=O) groups excluding carboxylic acids is 1. The molecule has 7 heteroatoms. The molecule has 1 unspecified atom stereocenters. The summed E-state index contributed by atoms with van der Waals surface area (Å²) in [6.07, 6.45) is 0.507. The van der Waals surface area contributed by atoms with Gasteiger partial charge in [0, 0.05) is 13.1 Å². The van der Waals surface area contributed by atoms with Crippen molar-refractivity contribution in [3.8, 4) is 0 Å². The largest absolute Gasteiger partial charge is 0.483 e. The van der Waals surface area contributed by atoms with Crippen molar-refractivity contribution in [1.82, 2.24) is 4.90 Å². The fraction of sp³-hybridized carbons (Fsp3) is 0.909. The first-order valence-electron chi connectivity index (χ1n) is 6.21. The maximum absolute atomic E-state index is 13.0. The van der Waals surface area contributed by atoms with Crippen molar-refractivity contribution in [2.75, 3.05) is 13.1 Å². The Morgan fingerprint density at radius 1 is 1.33 bits per heavy atom. The van der Waals surface area contributed by atoms with Crippen molar-refractivity contribution in [3.63, 3.8) is 0 Å². The number of ether oxygens (including phenoxy) is 1. The molecule has 2 aliphatic rings. The van der Waals surface area contributed by atoms with Crippen molar-refractivity contribution in [1.29, 1.82) is 0 Å². The van der Waals surface area contributed by atoms with E-state index in [4.69, 9.17) is 4.74 Å². The Balaban J connectivity index is 2.05. The Bertz CT molecular complexity index is 360. The molecule has 0 N–H and O–H groups in total. The zero-order chi connectivity index (χ0) is 13.8. The lowest BCUT2D eigenvalue weighted by molar-refractivity contribution is 0.0285. The zero-order valence-electron chi connectivity index (χ0n) is 10.9. The van der Waals surface area contributed by atoms with Gasteiger partial charge in [0.05, 0.1) is 0 Å². The van der Waals surface area contributed by atoms with Crippen LogP contribution in [-0.4, -0.2) is 36.7 Å². The van der Waals surface area contributed by atoms with E-state index in [0.29, 0.717) is 12.8 Å². The van der Waals surface area contributed by atoms with Gasteiger partial charge in [0.15, 0.2) is 0 Å². The Morgan fingerprint density at radius 3 is 2.22 bits per heavy atom. The van der Waals surface area contributed by atoms with E-state index in [1.807, 2.05) is 0 Å². The van der Waals surface area contributed by atoms with Crippen molar-refractivity contribution in [2.24, 2.45) is 5.41 Å². The highest BCUT2D eigenvalue weighted by molar-refractivity contribution is 6.60. The van der Waals surface area contributed by atoms with Crippen LogP contribution in [0.25, 0.3) is 0 Å². The van der Waals surface area contributed by atoms with Gasteiger partial charge in [-0.25, -0.2) is 4.79 Å². The van der Waals surface area contributed by atoms with Gasteiger partial charge in [-0.05, 0) is 44.8 Å². The van der Waals surface area contributed by atoms with E-state index < -0.39 is 29.9 Å². The molecule has 104 valence electrons. The minimum absolute atomic E-state index is 0.188. The average molecular weight is 264 g/mol. The predicted molar refractivity (Wildman–Crippen MR) is 62.3 cm³/mol. The van der Waals surface area contributed by atoms with Gasteiger partial charge < -0.3 is 22.6 Å². The molecule has 1 aliphatic carbocycles. The third-order valence-electron chi connectivity index (χ3n) is 3.71. The van der Waals surface area contributed by atoms with Crippen LogP contribution in [0.1, 0.15) is 33.6 Å². The SMILES string of the molecule is CC(C)(C)OC(=O)N1CC([B-](F)(F)F)C2(CC2)C1. The van der Waals surface area contributed by atoms with Crippen LogP contribution < -0.4 is 0 Å². The number of halogens is 3. The lowest BCUT2D eigenvalue weighted by Crippen LogP contribution is -2.36. The van der Waals surface area contributed by atoms with Crippen LogP contribution in [-0.2, 0) is 4.74 Å². The van der Waals surface area contributed by atoms with E-state index in [1.165, 1.54) is 4.90 Å². The van der Waals surface area contributed by atoms with E-state index in [1.54, 1.807) is 20.8 Å². The topological polar surface area (TPSA) is 29.5 Å². The Morgan fingerprint density at radius 2 is 1.89 bits per heavy atom. The highest BCUT2D eigenvalue weighted by Crippen LogP contribution is 2.63. The standard InChI is InChI=1S/C11H18BF3NO2/c1-10(2,3)18-9(17)16-6-8(12(13,14)15)11(7-16)4-5-11/h8H,4-7H2,1-3H3/q-1. The quantitative estimate of drug-likeness (QED) is 0.680. The fourth-order valence-electron chi connectivity index (χ4n) is 2.67. The molecule has 1 aliphatic heterocycles. The van der Waals surface area contributed by atoms with E-state index in [9.17, 15) is 17.7 Å². The highest BCUT2D eigenvalue weighted by Gasteiger charge is 2.61. The maximum atomic E-state index is 13.0. The Kier molecular flexibility index (Phi) is 2.87. The summed E-state index contributed by atoms with van der Waals surface area (Å²) in [6, 6.07) is 0. The molecule has 1 amide bonds. The summed E-state index contributed by atoms with van der Waals surface area (Å²) in [5, 5.41) is 0. The lowest BCUT2D eigenvalue weighted by atomic mass is 9.65. The fourth-order valence-corrected chi connectivity index (χ4v) is 2.67. The second-order valence-corrected chi connectivity index (χ2v) is 6.46. The summed E-state index contributed by atoms with van der Waals surface area (Å²) in [5.41, 5.74) is -1.37. The summed E-state index contributed by atoms with van der Waals surface area (Å²) in [4.78, 5) is 13.0. The number of nitrogens with zero attached hydrogens (tertiary/aromatic N) is 1. The second kappa shape index (κ2) is 3.81. The lowest BCUT2D eigenvalue weighted by Gasteiger charge is -2.27.